The first-order chi connectivity index (χ1) is 17.4. The van der Waals surface area contributed by atoms with Gasteiger partial charge in [0.2, 0.25) is 0 Å². The Balaban J connectivity index is 0.000000943. The summed E-state index contributed by atoms with van der Waals surface area (Å²) in [5.41, 5.74) is 2.86. The molecule has 2 aromatic carbocycles. The topological polar surface area (TPSA) is 118 Å². The number of methoxy groups -OCH3 is 1. The number of ether oxygens (including phenoxy) is 1. The number of nitrogens with zero attached hydrogens (tertiary/aromatic N) is 2. The van der Waals surface area contributed by atoms with Crippen LogP contribution in [-0.2, 0) is 6.54 Å². The molecule has 0 atom stereocenters. The van der Waals surface area contributed by atoms with Crippen LogP contribution in [0.4, 0.5) is 26.8 Å². The molecule has 9 nitrogen and oxygen atoms in total. The highest BCUT2D eigenvalue weighted by Gasteiger charge is 2.12. The van der Waals surface area contributed by atoms with Crippen LogP contribution in [0.15, 0.2) is 67.0 Å². The average Bonchev–Trinajstić information content (AvgIpc) is 3.67. The first kappa shape index (κ1) is 24.9. The van der Waals surface area contributed by atoms with Crippen molar-refractivity contribution in [3.8, 4) is 5.75 Å². The van der Waals surface area contributed by atoms with E-state index in [1.54, 1.807) is 30.5 Å². The zero-order valence-electron chi connectivity index (χ0n) is 19.6. The standard InChI is InChI=1S/C23H20ClN5O4.C3H6/c1-33-20-6-5-15(24)12-18(20)27-22(30)26-17-3-2-4-19-16(17)8-10-29(19)13-14-7-9-25-21(11-14)28-23(31)32;1-2-3-1/h2-12H,13H2,1H3,(H,25,28)(H,31,32)(H2,26,27,30);1-3H2. The molecule has 186 valence electrons. The number of amides is 3. The molecule has 4 aromatic rings. The van der Waals surface area contributed by atoms with Crippen LogP contribution in [0.2, 0.25) is 5.02 Å². The van der Waals surface area contributed by atoms with Crippen molar-refractivity contribution in [1.82, 2.24) is 9.55 Å². The summed E-state index contributed by atoms with van der Waals surface area (Å²) in [5, 5.41) is 18.1. The van der Waals surface area contributed by atoms with Crippen molar-refractivity contribution >= 4 is 51.8 Å². The monoisotopic (exact) mass is 507 g/mol. The predicted octanol–water partition coefficient (Wildman–Crippen LogP) is 6.65. The summed E-state index contributed by atoms with van der Waals surface area (Å²) in [6, 6.07) is 15.5. The van der Waals surface area contributed by atoms with Crippen molar-refractivity contribution in [3.63, 3.8) is 0 Å². The number of urea groups is 1. The molecule has 36 heavy (non-hydrogen) atoms. The Hall–Kier alpha value is -4.24. The molecular formula is C26H26ClN5O4. The molecule has 1 fully saturated rings. The largest absolute Gasteiger partial charge is 0.495 e. The van der Waals surface area contributed by atoms with Gasteiger partial charge in [0, 0.05) is 29.3 Å². The van der Waals surface area contributed by atoms with Crippen molar-refractivity contribution < 1.29 is 19.4 Å². The van der Waals surface area contributed by atoms with E-state index in [9.17, 15) is 9.59 Å². The number of aromatic nitrogens is 2. The molecule has 0 aliphatic heterocycles. The van der Waals surface area contributed by atoms with Crippen molar-refractivity contribution in [3.05, 3.63) is 77.6 Å². The van der Waals surface area contributed by atoms with Crippen LogP contribution in [0.25, 0.3) is 10.9 Å². The van der Waals surface area contributed by atoms with Crippen LogP contribution in [0.3, 0.4) is 0 Å². The maximum atomic E-state index is 12.6. The number of rotatable bonds is 6. The van der Waals surface area contributed by atoms with Gasteiger partial charge in [-0.2, -0.15) is 0 Å². The lowest BCUT2D eigenvalue weighted by molar-refractivity contribution is 0.209. The Bertz CT molecular complexity index is 1380. The highest BCUT2D eigenvalue weighted by Crippen LogP contribution is 2.29. The minimum Gasteiger partial charge on any atom is -0.495 e. The van der Waals surface area contributed by atoms with Gasteiger partial charge in [0.1, 0.15) is 11.6 Å². The van der Waals surface area contributed by atoms with Crippen LogP contribution in [0.1, 0.15) is 24.8 Å². The first-order valence-corrected chi connectivity index (χ1v) is 11.7. The van der Waals surface area contributed by atoms with Gasteiger partial charge in [0.05, 0.1) is 24.0 Å². The van der Waals surface area contributed by atoms with Crippen LogP contribution in [0.5, 0.6) is 5.75 Å². The van der Waals surface area contributed by atoms with Crippen LogP contribution in [-0.4, -0.2) is 33.9 Å². The number of hydrogen-bond donors (Lipinski definition) is 4. The van der Waals surface area contributed by atoms with Gasteiger partial charge in [-0.15, -0.1) is 0 Å². The number of carbonyl (C=O) groups is 2. The summed E-state index contributed by atoms with van der Waals surface area (Å²) in [4.78, 5) is 27.5. The second-order valence-electron chi connectivity index (χ2n) is 8.15. The molecule has 5 rings (SSSR count). The Morgan fingerprint density at radius 2 is 1.81 bits per heavy atom. The number of fused-ring (bicyclic) bond motifs is 1. The van der Waals surface area contributed by atoms with Gasteiger partial charge in [-0.3, -0.25) is 5.32 Å². The summed E-state index contributed by atoms with van der Waals surface area (Å²) in [6.07, 6.45) is 6.78. The number of halogens is 1. The number of carboxylic acid groups (broad SMARTS) is 1. The second kappa shape index (κ2) is 11.5. The number of pyridine rings is 1. The summed E-state index contributed by atoms with van der Waals surface area (Å²) in [7, 11) is 1.51. The van der Waals surface area contributed by atoms with Gasteiger partial charge in [-0.25, -0.2) is 14.6 Å². The fourth-order valence-corrected chi connectivity index (χ4v) is 3.64. The molecular weight excluding hydrogens is 482 g/mol. The first-order valence-electron chi connectivity index (χ1n) is 11.4. The third-order valence-corrected chi connectivity index (χ3v) is 5.47. The lowest BCUT2D eigenvalue weighted by Gasteiger charge is -2.12. The van der Waals surface area contributed by atoms with Crippen molar-refractivity contribution in [2.75, 3.05) is 23.1 Å². The zero-order chi connectivity index (χ0) is 25.5. The van der Waals surface area contributed by atoms with E-state index in [1.165, 1.54) is 26.4 Å². The Kier molecular flexibility index (Phi) is 7.92. The van der Waals surface area contributed by atoms with Crippen LogP contribution < -0.4 is 20.7 Å². The Morgan fingerprint density at radius 1 is 1.03 bits per heavy atom. The van der Waals surface area contributed by atoms with E-state index in [0.717, 1.165) is 16.5 Å². The van der Waals surface area contributed by atoms with Gasteiger partial charge in [-0.1, -0.05) is 36.9 Å². The molecule has 10 heteroatoms. The van der Waals surface area contributed by atoms with Crippen LogP contribution in [0, 0.1) is 0 Å². The Morgan fingerprint density at radius 3 is 2.53 bits per heavy atom. The molecule has 2 aromatic heterocycles. The molecule has 0 saturated heterocycles. The fourth-order valence-electron chi connectivity index (χ4n) is 3.47. The number of hydrogen-bond acceptors (Lipinski definition) is 4. The van der Waals surface area contributed by atoms with Gasteiger partial charge in [0.15, 0.2) is 0 Å². The van der Waals surface area contributed by atoms with E-state index in [1.807, 2.05) is 41.1 Å². The molecule has 1 saturated carbocycles. The molecule has 2 heterocycles. The second-order valence-corrected chi connectivity index (χ2v) is 8.58. The predicted molar refractivity (Wildman–Crippen MR) is 141 cm³/mol. The third-order valence-electron chi connectivity index (χ3n) is 5.24. The van der Waals surface area contributed by atoms with E-state index >= 15 is 0 Å². The van der Waals surface area contributed by atoms with Crippen LogP contribution >= 0.6 is 11.6 Å². The van der Waals surface area contributed by atoms with Gasteiger partial charge >= 0.3 is 12.1 Å². The minimum absolute atomic E-state index is 0.256. The smallest absolute Gasteiger partial charge is 0.410 e. The van der Waals surface area contributed by atoms with Crippen molar-refractivity contribution in [2.45, 2.75) is 25.8 Å². The molecule has 3 amide bonds. The molecule has 0 bridgehead atoms. The molecule has 0 radical (unpaired) electrons. The average molecular weight is 508 g/mol. The van der Waals surface area contributed by atoms with Gasteiger partial charge in [0.25, 0.3) is 0 Å². The molecule has 1 aliphatic carbocycles. The zero-order valence-corrected chi connectivity index (χ0v) is 20.4. The van der Waals surface area contributed by atoms with Crippen molar-refractivity contribution in [2.24, 2.45) is 0 Å². The molecule has 4 N–H and O–H groups in total. The number of anilines is 3. The lowest BCUT2D eigenvalue weighted by Crippen LogP contribution is -2.20. The van der Waals surface area contributed by atoms with E-state index in [2.05, 4.69) is 20.9 Å². The number of nitrogens with one attached hydrogen (secondary N) is 3. The summed E-state index contributed by atoms with van der Waals surface area (Å²) in [6.45, 7) is 0.496. The normalized spacial score (nSPS) is 11.7. The minimum atomic E-state index is -1.17. The molecule has 1 aliphatic rings. The van der Waals surface area contributed by atoms with E-state index in [0.29, 0.717) is 28.7 Å². The van der Waals surface area contributed by atoms with E-state index in [4.69, 9.17) is 21.4 Å². The molecule has 0 unspecified atom stereocenters. The van der Waals surface area contributed by atoms with E-state index < -0.39 is 12.1 Å². The van der Waals surface area contributed by atoms with Gasteiger partial charge in [-0.05, 0) is 54.1 Å². The molecule has 0 spiro atoms. The highest BCUT2D eigenvalue weighted by molar-refractivity contribution is 6.31. The highest BCUT2D eigenvalue weighted by atomic mass is 35.5. The third kappa shape index (κ3) is 6.67. The Labute approximate surface area is 213 Å². The summed E-state index contributed by atoms with van der Waals surface area (Å²) < 4.78 is 7.26. The lowest BCUT2D eigenvalue weighted by atomic mass is 10.2. The fraction of sp³-hybridized carbons (Fsp3) is 0.192. The maximum Gasteiger partial charge on any atom is 0.410 e. The maximum absolute atomic E-state index is 12.6. The van der Waals surface area contributed by atoms with Crippen molar-refractivity contribution in [1.29, 1.82) is 0 Å². The van der Waals surface area contributed by atoms with Gasteiger partial charge < -0.3 is 25.0 Å². The summed E-state index contributed by atoms with van der Waals surface area (Å²) >= 11 is 6.03. The quantitative estimate of drug-likeness (QED) is 0.233. The number of carbonyl (C=O) groups excluding carboxylic acids is 1. The summed E-state index contributed by atoms with van der Waals surface area (Å²) in [5.74, 6) is 0.750. The number of benzene rings is 2. The SMILES string of the molecule is C1CC1.COc1ccc(Cl)cc1NC(=O)Nc1cccc2c1ccn2Cc1ccnc(NC(=O)O)c1. The van der Waals surface area contributed by atoms with E-state index in [-0.39, 0.29) is 5.82 Å².